The van der Waals surface area contributed by atoms with E-state index in [1.807, 2.05) is 18.2 Å². The molecule has 0 radical (unpaired) electrons. The molecular weight excluding hydrogens is 643 g/mol. The fourth-order valence-electron chi connectivity index (χ4n) is 6.11. The van der Waals surface area contributed by atoms with Crippen LogP contribution in [-0.2, 0) is 21.7 Å². The predicted octanol–water partition coefficient (Wildman–Crippen LogP) is 6.87. The van der Waals surface area contributed by atoms with Crippen LogP contribution >= 0.6 is 0 Å². The molecule has 4 aromatic rings. The fourth-order valence-corrected chi connectivity index (χ4v) is 6.11. The Hall–Kier alpha value is -4.88. The Balaban J connectivity index is 1.36. The van der Waals surface area contributed by atoms with Crippen molar-refractivity contribution in [2.75, 3.05) is 33.4 Å². The standard InChI is InChI=1S/C36H38F3N3O7/c1-3-48-34(43)16-12-25-11-15-32(33(20-25)47-2)49-28-10-7-18-40(19-17-28)24-35(44,36(37,38)39)30-23-41(22-26-8-5-4-6-9-26)31-21-27(42(45)46)13-14-29(30)31/h4-6,8-9,11-16,20-21,23,28,44H,3,7,10,17-19,22,24H2,1-2H3. The average molecular weight is 682 g/mol. The number of hydrogen-bond acceptors (Lipinski definition) is 8. The van der Waals surface area contributed by atoms with Crippen LogP contribution in [-0.4, -0.2) is 71.1 Å². The first-order valence-electron chi connectivity index (χ1n) is 15.9. The van der Waals surface area contributed by atoms with Gasteiger partial charge in [-0.2, -0.15) is 13.2 Å². The van der Waals surface area contributed by atoms with E-state index in [0.717, 1.165) is 11.6 Å². The minimum Gasteiger partial charge on any atom is -0.493 e. The SMILES string of the molecule is CCOC(=O)C=Cc1ccc(OC2CCCN(CC(O)(c3cn(Cc4ccccc4)c4cc([N+](=O)[O-])ccc34)C(F)(F)F)CC2)c(OC)c1. The predicted molar refractivity (Wildman–Crippen MR) is 177 cm³/mol. The van der Waals surface area contributed by atoms with Gasteiger partial charge in [-0.05, 0) is 68.1 Å². The van der Waals surface area contributed by atoms with Crippen molar-refractivity contribution < 1.29 is 42.2 Å². The lowest BCUT2D eigenvalue weighted by atomic mass is 9.91. The molecule has 0 saturated carbocycles. The van der Waals surface area contributed by atoms with Crippen molar-refractivity contribution in [3.8, 4) is 11.5 Å². The van der Waals surface area contributed by atoms with Crippen LogP contribution in [0.15, 0.2) is 79.0 Å². The van der Waals surface area contributed by atoms with Gasteiger partial charge >= 0.3 is 12.1 Å². The number of benzene rings is 3. The number of non-ortho nitro benzene ring substituents is 1. The molecule has 1 N–H and O–H groups in total. The number of nitro groups is 1. The number of carbonyl (C=O) groups is 1. The number of esters is 1. The Morgan fingerprint density at radius 1 is 1.06 bits per heavy atom. The highest BCUT2D eigenvalue weighted by Crippen LogP contribution is 2.44. The van der Waals surface area contributed by atoms with E-state index in [2.05, 4.69) is 0 Å². The Bertz CT molecular complexity index is 1810. The van der Waals surface area contributed by atoms with Crippen LogP contribution in [0.5, 0.6) is 11.5 Å². The molecule has 260 valence electrons. The molecule has 0 bridgehead atoms. The second kappa shape index (κ2) is 15.1. The van der Waals surface area contributed by atoms with Gasteiger partial charge in [0.1, 0.15) is 6.10 Å². The van der Waals surface area contributed by atoms with Gasteiger partial charge in [-0.1, -0.05) is 36.4 Å². The zero-order valence-electron chi connectivity index (χ0n) is 27.2. The Kier molecular flexibility index (Phi) is 10.9. The summed E-state index contributed by atoms with van der Waals surface area (Å²) in [7, 11) is 1.49. The largest absolute Gasteiger partial charge is 0.493 e. The summed E-state index contributed by atoms with van der Waals surface area (Å²) in [5, 5.41) is 23.3. The smallest absolute Gasteiger partial charge is 0.422 e. The Morgan fingerprint density at radius 2 is 1.84 bits per heavy atom. The number of hydrogen-bond donors (Lipinski definition) is 1. The maximum absolute atomic E-state index is 15.0. The summed E-state index contributed by atoms with van der Waals surface area (Å²) < 4.78 is 63.1. The molecule has 10 nitrogen and oxygen atoms in total. The number of β-amino-alcohol motifs (C(OH)–C–C–N with tert-alkyl or cyclic N) is 1. The number of methoxy groups -OCH3 is 1. The molecule has 1 aliphatic heterocycles. The molecule has 1 saturated heterocycles. The molecule has 1 fully saturated rings. The first kappa shape index (κ1) is 35.4. The van der Waals surface area contributed by atoms with Crippen LogP contribution in [0.25, 0.3) is 17.0 Å². The molecule has 0 aliphatic carbocycles. The molecule has 2 unspecified atom stereocenters. The summed E-state index contributed by atoms with van der Waals surface area (Å²) in [5.74, 6) is 0.427. The molecule has 1 aliphatic rings. The quantitative estimate of drug-likeness (QED) is 0.0746. The zero-order chi connectivity index (χ0) is 35.2. The van der Waals surface area contributed by atoms with Crippen molar-refractivity contribution in [1.29, 1.82) is 0 Å². The highest BCUT2D eigenvalue weighted by molar-refractivity contribution is 5.88. The average Bonchev–Trinajstić information content (AvgIpc) is 3.29. The number of nitrogens with zero attached hydrogens (tertiary/aromatic N) is 3. The number of ether oxygens (including phenoxy) is 3. The van der Waals surface area contributed by atoms with Gasteiger partial charge < -0.3 is 23.9 Å². The molecule has 1 aromatic heterocycles. The highest BCUT2D eigenvalue weighted by atomic mass is 19.4. The summed E-state index contributed by atoms with van der Waals surface area (Å²) in [6, 6.07) is 17.9. The fraction of sp³-hybridized carbons (Fsp3) is 0.361. The van der Waals surface area contributed by atoms with Crippen molar-refractivity contribution in [1.82, 2.24) is 9.47 Å². The van der Waals surface area contributed by atoms with Gasteiger partial charge in [0.05, 0.1) is 24.2 Å². The molecule has 49 heavy (non-hydrogen) atoms. The van der Waals surface area contributed by atoms with Crippen molar-refractivity contribution in [2.24, 2.45) is 0 Å². The van der Waals surface area contributed by atoms with E-state index in [1.54, 1.807) is 48.2 Å². The summed E-state index contributed by atoms with van der Waals surface area (Å²) in [6.07, 6.45) is 0.256. The third-order valence-corrected chi connectivity index (χ3v) is 8.59. The highest BCUT2D eigenvalue weighted by Gasteiger charge is 2.57. The van der Waals surface area contributed by atoms with Crippen LogP contribution in [0, 0.1) is 10.1 Å². The first-order chi connectivity index (χ1) is 23.4. The minimum absolute atomic E-state index is 0.0880. The molecule has 2 heterocycles. The number of nitro benzene ring substituents is 1. The number of carbonyl (C=O) groups excluding carboxylic acids is 1. The zero-order valence-corrected chi connectivity index (χ0v) is 27.2. The maximum Gasteiger partial charge on any atom is 0.422 e. The van der Waals surface area contributed by atoms with Crippen molar-refractivity contribution in [3.05, 3.63) is 106 Å². The number of rotatable bonds is 12. The van der Waals surface area contributed by atoms with Crippen molar-refractivity contribution in [3.63, 3.8) is 0 Å². The molecular formula is C36H38F3N3O7. The van der Waals surface area contributed by atoms with E-state index >= 15 is 0 Å². The Labute approximate surface area is 281 Å². The summed E-state index contributed by atoms with van der Waals surface area (Å²) in [6.45, 7) is 1.92. The maximum atomic E-state index is 15.0. The van der Waals surface area contributed by atoms with Crippen LogP contribution in [0.4, 0.5) is 18.9 Å². The number of fused-ring (bicyclic) bond motifs is 1. The van der Waals surface area contributed by atoms with E-state index in [4.69, 9.17) is 14.2 Å². The third-order valence-electron chi connectivity index (χ3n) is 8.59. The molecule has 3 aromatic carbocycles. The molecule has 13 heteroatoms. The summed E-state index contributed by atoms with van der Waals surface area (Å²) in [5.41, 5.74) is -2.20. The van der Waals surface area contributed by atoms with Gasteiger partial charge in [0, 0.05) is 55.0 Å². The van der Waals surface area contributed by atoms with E-state index in [0.29, 0.717) is 42.9 Å². The van der Waals surface area contributed by atoms with Gasteiger partial charge in [-0.3, -0.25) is 15.0 Å². The normalized spacial score (nSPS) is 17.1. The van der Waals surface area contributed by atoms with Crippen LogP contribution < -0.4 is 9.47 Å². The number of halogens is 3. The Morgan fingerprint density at radius 3 is 2.53 bits per heavy atom. The van der Waals surface area contributed by atoms with Gasteiger partial charge in [0.25, 0.3) is 5.69 Å². The topological polar surface area (TPSA) is 116 Å². The van der Waals surface area contributed by atoms with E-state index in [9.17, 15) is 33.2 Å². The van der Waals surface area contributed by atoms with Crippen LogP contribution in [0.3, 0.4) is 0 Å². The van der Waals surface area contributed by atoms with Gasteiger partial charge in [0.15, 0.2) is 11.5 Å². The second-order valence-corrected chi connectivity index (χ2v) is 11.9. The van der Waals surface area contributed by atoms with E-state index in [1.165, 1.54) is 36.1 Å². The molecule has 0 spiro atoms. The number of aromatic nitrogens is 1. The number of likely N-dealkylation sites (tertiary alicyclic amines) is 1. The van der Waals surface area contributed by atoms with Gasteiger partial charge in [0.2, 0.25) is 5.60 Å². The summed E-state index contributed by atoms with van der Waals surface area (Å²) in [4.78, 5) is 24.2. The first-order valence-corrected chi connectivity index (χ1v) is 15.9. The lowest BCUT2D eigenvalue weighted by Crippen LogP contribution is -2.51. The molecule has 5 rings (SSSR count). The summed E-state index contributed by atoms with van der Waals surface area (Å²) >= 11 is 0. The minimum atomic E-state index is -5.06. The number of alkyl halides is 3. The number of aliphatic hydroxyl groups is 1. The lowest BCUT2D eigenvalue weighted by molar-refractivity contribution is -0.384. The van der Waals surface area contributed by atoms with E-state index in [-0.39, 0.29) is 48.0 Å². The van der Waals surface area contributed by atoms with E-state index < -0.39 is 29.2 Å². The monoisotopic (exact) mass is 681 g/mol. The third kappa shape index (κ3) is 8.23. The van der Waals surface area contributed by atoms with Crippen molar-refractivity contribution in [2.45, 2.75) is 50.6 Å². The second-order valence-electron chi connectivity index (χ2n) is 11.9. The van der Waals surface area contributed by atoms with Crippen LogP contribution in [0.2, 0.25) is 0 Å². The van der Waals surface area contributed by atoms with Crippen molar-refractivity contribution >= 4 is 28.6 Å². The molecule has 2 atom stereocenters. The van der Waals surface area contributed by atoms with Gasteiger partial charge in [-0.25, -0.2) is 4.79 Å². The lowest BCUT2D eigenvalue weighted by Gasteiger charge is -2.35. The molecule has 0 amide bonds. The van der Waals surface area contributed by atoms with Gasteiger partial charge in [-0.15, -0.1) is 0 Å². The van der Waals surface area contributed by atoms with Crippen LogP contribution in [0.1, 0.15) is 42.9 Å².